The highest BCUT2D eigenvalue weighted by Gasteiger charge is 2.33. The molecular formula is C14H15N3O4S. The minimum Gasteiger partial charge on any atom is -0.480 e. The second-order valence-electron chi connectivity index (χ2n) is 5.11. The third kappa shape index (κ3) is 2.19. The summed E-state index contributed by atoms with van der Waals surface area (Å²) in [6.07, 6.45) is 2.80. The lowest BCUT2D eigenvalue weighted by atomic mass is 10.1. The zero-order valence-corrected chi connectivity index (χ0v) is 13.0. The van der Waals surface area contributed by atoms with E-state index in [1.54, 1.807) is 4.90 Å². The van der Waals surface area contributed by atoms with Crippen LogP contribution in [0.4, 0.5) is 5.82 Å². The Morgan fingerprint density at radius 3 is 2.91 bits per heavy atom. The number of ether oxygens (including phenoxy) is 1. The van der Waals surface area contributed by atoms with Gasteiger partial charge in [0.25, 0.3) is 0 Å². The van der Waals surface area contributed by atoms with Gasteiger partial charge in [0, 0.05) is 6.54 Å². The summed E-state index contributed by atoms with van der Waals surface area (Å²) in [7, 11) is 1.33. The summed E-state index contributed by atoms with van der Waals surface area (Å²) in [6.45, 7) is 2.44. The standard InChI is InChI=1S/C14H15N3O4S/c1-7-9-11(17-5-3-4-8(17)13(18)19)15-6-16-12(9)22-10(7)14(20)21-2/h6,8H,3-5H2,1-2H3,(H,18,19). The van der Waals surface area contributed by atoms with E-state index in [1.165, 1.54) is 24.8 Å². The van der Waals surface area contributed by atoms with E-state index in [0.29, 0.717) is 28.5 Å². The van der Waals surface area contributed by atoms with Crippen molar-refractivity contribution in [3.05, 3.63) is 16.8 Å². The third-order valence-electron chi connectivity index (χ3n) is 3.89. The van der Waals surface area contributed by atoms with Crippen LogP contribution in [0.5, 0.6) is 0 Å². The molecule has 3 heterocycles. The highest BCUT2D eigenvalue weighted by molar-refractivity contribution is 7.20. The molecule has 1 unspecified atom stereocenters. The van der Waals surface area contributed by atoms with Gasteiger partial charge in [0.05, 0.1) is 12.5 Å². The molecular weight excluding hydrogens is 306 g/mol. The number of rotatable bonds is 3. The number of anilines is 1. The largest absolute Gasteiger partial charge is 0.480 e. The van der Waals surface area contributed by atoms with Crippen LogP contribution in [0.3, 0.4) is 0 Å². The second kappa shape index (κ2) is 5.53. The fraction of sp³-hybridized carbons (Fsp3) is 0.429. The Hall–Kier alpha value is -2.22. The number of hydrogen-bond donors (Lipinski definition) is 1. The van der Waals surface area contributed by atoms with Crippen LogP contribution in [-0.2, 0) is 9.53 Å². The zero-order valence-electron chi connectivity index (χ0n) is 12.2. The monoisotopic (exact) mass is 321 g/mol. The lowest BCUT2D eigenvalue weighted by Crippen LogP contribution is -2.36. The molecule has 2 aromatic rings. The molecule has 0 aromatic carbocycles. The van der Waals surface area contributed by atoms with Gasteiger partial charge in [0.1, 0.15) is 27.9 Å². The molecule has 0 saturated carbocycles. The van der Waals surface area contributed by atoms with E-state index in [1.807, 2.05) is 6.92 Å². The summed E-state index contributed by atoms with van der Waals surface area (Å²) in [5, 5.41) is 10.1. The quantitative estimate of drug-likeness (QED) is 0.862. The van der Waals surface area contributed by atoms with Crippen molar-refractivity contribution in [2.45, 2.75) is 25.8 Å². The summed E-state index contributed by atoms with van der Waals surface area (Å²) in [6, 6.07) is -0.584. The van der Waals surface area contributed by atoms with Crippen molar-refractivity contribution in [1.29, 1.82) is 0 Å². The number of methoxy groups -OCH3 is 1. The number of carboxylic acids is 1. The summed E-state index contributed by atoms with van der Waals surface area (Å²) >= 11 is 1.24. The van der Waals surface area contributed by atoms with E-state index in [4.69, 9.17) is 4.74 Å². The maximum Gasteiger partial charge on any atom is 0.348 e. The maximum absolute atomic E-state index is 11.8. The van der Waals surface area contributed by atoms with Crippen LogP contribution in [0.25, 0.3) is 10.2 Å². The minimum absolute atomic E-state index is 0.414. The maximum atomic E-state index is 11.8. The molecule has 7 nitrogen and oxygen atoms in total. The molecule has 1 N–H and O–H groups in total. The number of nitrogens with zero attached hydrogens (tertiary/aromatic N) is 3. The van der Waals surface area contributed by atoms with Crippen molar-refractivity contribution in [1.82, 2.24) is 9.97 Å². The van der Waals surface area contributed by atoms with Gasteiger partial charge >= 0.3 is 11.9 Å². The molecule has 1 saturated heterocycles. The van der Waals surface area contributed by atoms with Crippen molar-refractivity contribution in [2.24, 2.45) is 0 Å². The van der Waals surface area contributed by atoms with Crippen LogP contribution in [0.1, 0.15) is 28.1 Å². The number of carbonyl (C=O) groups is 2. The molecule has 22 heavy (non-hydrogen) atoms. The number of aryl methyl sites for hydroxylation is 1. The van der Waals surface area contributed by atoms with Gasteiger partial charge < -0.3 is 14.7 Å². The SMILES string of the molecule is COC(=O)c1sc2ncnc(N3CCCC3C(=O)O)c2c1C. The lowest BCUT2D eigenvalue weighted by molar-refractivity contribution is -0.138. The first-order valence-electron chi connectivity index (χ1n) is 6.86. The van der Waals surface area contributed by atoms with Gasteiger partial charge in [0.15, 0.2) is 0 Å². The number of thiophene rings is 1. The average molecular weight is 321 g/mol. The second-order valence-corrected chi connectivity index (χ2v) is 6.11. The van der Waals surface area contributed by atoms with Crippen molar-refractivity contribution in [2.75, 3.05) is 18.6 Å². The van der Waals surface area contributed by atoms with Crippen molar-refractivity contribution < 1.29 is 19.4 Å². The van der Waals surface area contributed by atoms with E-state index in [-0.39, 0.29) is 0 Å². The van der Waals surface area contributed by atoms with Gasteiger partial charge in [-0.15, -0.1) is 11.3 Å². The van der Waals surface area contributed by atoms with Gasteiger partial charge in [-0.25, -0.2) is 19.6 Å². The first-order valence-corrected chi connectivity index (χ1v) is 7.68. The normalized spacial score (nSPS) is 17.9. The summed E-state index contributed by atoms with van der Waals surface area (Å²) in [4.78, 5) is 34.7. The minimum atomic E-state index is -0.856. The number of hydrogen-bond acceptors (Lipinski definition) is 7. The van der Waals surface area contributed by atoms with Crippen LogP contribution >= 0.6 is 11.3 Å². The molecule has 1 aliphatic heterocycles. The molecule has 1 aliphatic rings. The molecule has 116 valence electrons. The summed E-state index contributed by atoms with van der Waals surface area (Å²) in [5.74, 6) is -0.688. The molecule has 3 rings (SSSR count). The molecule has 0 aliphatic carbocycles. The molecule has 1 atom stereocenters. The van der Waals surface area contributed by atoms with E-state index < -0.39 is 18.0 Å². The fourth-order valence-corrected chi connectivity index (χ4v) is 3.90. The van der Waals surface area contributed by atoms with Crippen LogP contribution < -0.4 is 4.90 Å². The van der Waals surface area contributed by atoms with Gasteiger partial charge in [-0.05, 0) is 25.3 Å². The predicted molar refractivity (Wildman–Crippen MR) is 81.5 cm³/mol. The van der Waals surface area contributed by atoms with Crippen molar-refractivity contribution in [3.63, 3.8) is 0 Å². The lowest BCUT2D eigenvalue weighted by Gasteiger charge is -2.23. The number of fused-ring (bicyclic) bond motifs is 1. The molecule has 0 radical (unpaired) electrons. The van der Waals surface area contributed by atoms with Crippen molar-refractivity contribution >= 4 is 39.3 Å². The third-order valence-corrected chi connectivity index (χ3v) is 5.07. The van der Waals surface area contributed by atoms with Gasteiger partial charge in [-0.3, -0.25) is 0 Å². The summed E-state index contributed by atoms with van der Waals surface area (Å²) in [5.41, 5.74) is 0.735. The van der Waals surface area contributed by atoms with Crippen LogP contribution in [0.2, 0.25) is 0 Å². The Balaban J connectivity index is 2.16. The Kier molecular flexibility index (Phi) is 3.69. The van der Waals surface area contributed by atoms with Gasteiger partial charge in [0.2, 0.25) is 0 Å². The number of esters is 1. The highest BCUT2D eigenvalue weighted by Crippen LogP contribution is 2.37. The first kappa shape index (κ1) is 14.7. The Bertz CT molecular complexity index is 758. The van der Waals surface area contributed by atoms with E-state index in [2.05, 4.69) is 9.97 Å². The first-order chi connectivity index (χ1) is 10.5. The van der Waals surface area contributed by atoms with E-state index >= 15 is 0 Å². The number of aromatic nitrogens is 2. The van der Waals surface area contributed by atoms with Gasteiger partial charge in [-0.2, -0.15) is 0 Å². The smallest absolute Gasteiger partial charge is 0.348 e. The molecule has 1 fully saturated rings. The van der Waals surface area contributed by atoms with Crippen LogP contribution in [0.15, 0.2) is 6.33 Å². The van der Waals surface area contributed by atoms with Crippen LogP contribution in [0, 0.1) is 6.92 Å². The fourth-order valence-electron chi connectivity index (χ4n) is 2.84. The van der Waals surface area contributed by atoms with Crippen LogP contribution in [-0.4, -0.2) is 46.7 Å². The molecule has 0 spiro atoms. The van der Waals surface area contributed by atoms with Gasteiger partial charge in [-0.1, -0.05) is 0 Å². The Labute approximate surface area is 130 Å². The predicted octanol–water partition coefficient (Wildman–Crippen LogP) is 1.84. The van der Waals surface area contributed by atoms with E-state index in [9.17, 15) is 14.7 Å². The number of aliphatic carboxylic acids is 1. The zero-order chi connectivity index (χ0) is 15.9. The number of carboxylic acid groups (broad SMARTS) is 1. The highest BCUT2D eigenvalue weighted by atomic mass is 32.1. The molecule has 0 amide bonds. The average Bonchev–Trinajstić information content (AvgIpc) is 3.11. The topological polar surface area (TPSA) is 92.6 Å². The Morgan fingerprint density at radius 1 is 1.45 bits per heavy atom. The Morgan fingerprint density at radius 2 is 2.23 bits per heavy atom. The molecule has 8 heteroatoms. The molecule has 0 bridgehead atoms. The van der Waals surface area contributed by atoms with E-state index in [0.717, 1.165) is 17.4 Å². The number of carbonyl (C=O) groups excluding carboxylic acids is 1. The van der Waals surface area contributed by atoms with Crippen molar-refractivity contribution in [3.8, 4) is 0 Å². The summed E-state index contributed by atoms with van der Waals surface area (Å²) < 4.78 is 4.79. The molecule has 2 aromatic heterocycles.